The van der Waals surface area contributed by atoms with Crippen LogP contribution in [0.2, 0.25) is 0 Å². The molecular weight excluding hydrogens is 184 g/mol. The standard InChI is InChI=1S/C14H26O/c1-4-6-8-10-14(9-7-5-2)11-13(3)12-15/h14H,4-11H2,1-3H3. The zero-order valence-corrected chi connectivity index (χ0v) is 10.6. The van der Waals surface area contributed by atoms with Gasteiger partial charge in [0, 0.05) is 5.57 Å². The SMILES string of the molecule is CCCCCC(CCCC)CC(C)=C=O. The topological polar surface area (TPSA) is 17.1 Å². The van der Waals surface area contributed by atoms with Crippen LogP contribution in [0.15, 0.2) is 5.57 Å². The molecule has 0 aliphatic heterocycles. The van der Waals surface area contributed by atoms with E-state index in [1.165, 1.54) is 44.9 Å². The van der Waals surface area contributed by atoms with E-state index in [-0.39, 0.29) is 0 Å². The summed E-state index contributed by atoms with van der Waals surface area (Å²) >= 11 is 0. The van der Waals surface area contributed by atoms with Gasteiger partial charge in [-0.2, -0.15) is 0 Å². The quantitative estimate of drug-likeness (QED) is 0.403. The van der Waals surface area contributed by atoms with Crippen molar-refractivity contribution in [2.75, 3.05) is 0 Å². The summed E-state index contributed by atoms with van der Waals surface area (Å²) in [6, 6.07) is 0. The summed E-state index contributed by atoms with van der Waals surface area (Å²) < 4.78 is 0. The van der Waals surface area contributed by atoms with Crippen LogP contribution in [0.1, 0.15) is 72.1 Å². The van der Waals surface area contributed by atoms with Gasteiger partial charge in [0.25, 0.3) is 0 Å². The van der Waals surface area contributed by atoms with Crippen molar-refractivity contribution in [1.82, 2.24) is 0 Å². The van der Waals surface area contributed by atoms with Crippen molar-refractivity contribution >= 4 is 5.94 Å². The zero-order valence-electron chi connectivity index (χ0n) is 10.6. The maximum atomic E-state index is 10.5. The molecule has 0 saturated heterocycles. The van der Waals surface area contributed by atoms with Crippen molar-refractivity contribution in [3.8, 4) is 0 Å². The van der Waals surface area contributed by atoms with E-state index in [1.807, 2.05) is 12.9 Å². The molecule has 1 nitrogen and oxygen atoms in total. The summed E-state index contributed by atoms with van der Waals surface area (Å²) in [6.07, 6.45) is 10.0. The third-order valence-electron chi connectivity index (χ3n) is 2.95. The van der Waals surface area contributed by atoms with Crippen molar-refractivity contribution in [2.24, 2.45) is 5.92 Å². The van der Waals surface area contributed by atoms with Gasteiger partial charge in [-0.3, -0.25) is 0 Å². The van der Waals surface area contributed by atoms with Gasteiger partial charge >= 0.3 is 0 Å². The second-order valence-corrected chi connectivity index (χ2v) is 4.59. The number of carbonyl (C=O) groups excluding carboxylic acids is 1. The lowest BCUT2D eigenvalue weighted by Crippen LogP contribution is -2.02. The Morgan fingerprint density at radius 2 is 1.67 bits per heavy atom. The molecule has 0 aromatic carbocycles. The van der Waals surface area contributed by atoms with Crippen LogP contribution in [0, 0.1) is 5.92 Å². The Morgan fingerprint density at radius 3 is 2.20 bits per heavy atom. The van der Waals surface area contributed by atoms with Crippen LogP contribution in [0.25, 0.3) is 0 Å². The molecule has 0 aromatic rings. The van der Waals surface area contributed by atoms with Crippen LogP contribution in [0.3, 0.4) is 0 Å². The molecule has 0 saturated carbocycles. The first-order chi connectivity index (χ1) is 7.24. The van der Waals surface area contributed by atoms with E-state index in [0.29, 0.717) is 0 Å². The summed E-state index contributed by atoms with van der Waals surface area (Å²) in [5.74, 6) is 2.75. The smallest absolute Gasteiger partial charge is 0.123 e. The second-order valence-electron chi connectivity index (χ2n) is 4.59. The van der Waals surface area contributed by atoms with Crippen molar-refractivity contribution in [1.29, 1.82) is 0 Å². The molecule has 0 fully saturated rings. The summed E-state index contributed by atoms with van der Waals surface area (Å²) in [6.45, 7) is 6.37. The number of hydrogen-bond donors (Lipinski definition) is 0. The predicted molar refractivity (Wildman–Crippen MR) is 66.7 cm³/mol. The highest BCUT2D eigenvalue weighted by Gasteiger charge is 2.09. The van der Waals surface area contributed by atoms with Crippen molar-refractivity contribution in [2.45, 2.75) is 72.1 Å². The lowest BCUT2D eigenvalue weighted by molar-refractivity contribution is 0.411. The summed E-state index contributed by atoms with van der Waals surface area (Å²) in [4.78, 5) is 10.5. The Balaban J connectivity index is 3.88. The summed E-state index contributed by atoms with van der Waals surface area (Å²) in [5.41, 5.74) is 0.896. The predicted octanol–water partition coefficient (Wildman–Crippen LogP) is 4.54. The fourth-order valence-electron chi connectivity index (χ4n) is 2.00. The summed E-state index contributed by atoms with van der Waals surface area (Å²) in [7, 11) is 0. The summed E-state index contributed by atoms with van der Waals surface area (Å²) in [5, 5.41) is 0. The normalized spacial score (nSPS) is 12.2. The van der Waals surface area contributed by atoms with Crippen LogP contribution in [0.5, 0.6) is 0 Å². The first-order valence-electron chi connectivity index (χ1n) is 6.45. The maximum Gasteiger partial charge on any atom is 0.123 e. The fraction of sp³-hybridized carbons (Fsp3) is 0.857. The second kappa shape index (κ2) is 9.98. The minimum absolute atomic E-state index is 0.720. The third-order valence-corrected chi connectivity index (χ3v) is 2.95. The van der Waals surface area contributed by atoms with Gasteiger partial charge in [-0.25, -0.2) is 4.79 Å². The first kappa shape index (κ1) is 14.5. The molecule has 1 heteroatoms. The van der Waals surface area contributed by atoms with E-state index in [9.17, 15) is 4.79 Å². The minimum Gasteiger partial charge on any atom is -0.234 e. The average molecular weight is 210 g/mol. The van der Waals surface area contributed by atoms with Crippen molar-refractivity contribution in [3.05, 3.63) is 5.57 Å². The number of unbranched alkanes of at least 4 members (excludes halogenated alkanes) is 3. The molecule has 1 unspecified atom stereocenters. The van der Waals surface area contributed by atoms with E-state index in [4.69, 9.17) is 0 Å². The van der Waals surface area contributed by atoms with E-state index < -0.39 is 0 Å². The molecule has 0 spiro atoms. The van der Waals surface area contributed by atoms with Gasteiger partial charge in [-0.15, -0.1) is 0 Å². The van der Waals surface area contributed by atoms with E-state index in [0.717, 1.165) is 17.9 Å². The van der Waals surface area contributed by atoms with Gasteiger partial charge in [0.1, 0.15) is 5.94 Å². The van der Waals surface area contributed by atoms with Crippen LogP contribution in [-0.4, -0.2) is 5.94 Å². The Kier molecular flexibility index (Phi) is 9.62. The number of allylic oxidation sites excluding steroid dienone is 1. The number of hydrogen-bond acceptors (Lipinski definition) is 1. The van der Waals surface area contributed by atoms with Crippen molar-refractivity contribution in [3.63, 3.8) is 0 Å². The maximum absolute atomic E-state index is 10.5. The molecule has 0 heterocycles. The van der Waals surface area contributed by atoms with Crippen LogP contribution >= 0.6 is 0 Å². The molecule has 0 aliphatic carbocycles. The van der Waals surface area contributed by atoms with Gasteiger partial charge in [-0.05, 0) is 19.3 Å². The van der Waals surface area contributed by atoms with E-state index in [1.54, 1.807) is 0 Å². The molecule has 0 aliphatic rings. The molecular formula is C14H26O. The largest absolute Gasteiger partial charge is 0.234 e. The Bertz CT molecular complexity index is 190. The molecule has 0 aromatic heterocycles. The number of rotatable bonds is 9. The van der Waals surface area contributed by atoms with E-state index in [2.05, 4.69) is 13.8 Å². The molecule has 1 atom stereocenters. The third kappa shape index (κ3) is 8.44. The van der Waals surface area contributed by atoms with Crippen LogP contribution in [0.4, 0.5) is 0 Å². The van der Waals surface area contributed by atoms with Gasteiger partial charge in [-0.1, -0.05) is 58.8 Å². The highest BCUT2D eigenvalue weighted by molar-refractivity contribution is 5.51. The minimum atomic E-state index is 0.720. The molecule has 0 N–H and O–H groups in total. The highest BCUT2D eigenvalue weighted by Crippen LogP contribution is 2.22. The van der Waals surface area contributed by atoms with Gasteiger partial charge in [0.2, 0.25) is 0 Å². The fourth-order valence-corrected chi connectivity index (χ4v) is 2.00. The Morgan fingerprint density at radius 1 is 1.07 bits per heavy atom. The van der Waals surface area contributed by atoms with Crippen LogP contribution in [-0.2, 0) is 4.79 Å². The molecule has 0 bridgehead atoms. The lowest BCUT2D eigenvalue weighted by atomic mass is 9.90. The molecule has 0 rings (SSSR count). The molecule has 0 radical (unpaired) electrons. The average Bonchev–Trinajstić information content (AvgIpc) is 2.25. The Labute approximate surface area is 95.0 Å². The van der Waals surface area contributed by atoms with Crippen molar-refractivity contribution < 1.29 is 4.79 Å². The molecule has 15 heavy (non-hydrogen) atoms. The van der Waals surface area contributed by atoms with Gasteiger partial charge < -0.3 is 0 Å². The van der Waals surface area contributed by atoms with Gasteiger partial charge in [0.15, 0.2) is 0 Å². The van der Waals surface area contributed by atoms with Gasteiger partial charge in [0.05, 0.1) is 0 Å². The zero-order chi connectivity index (χ0) is 11.5. The monoisotopic (exact) mass is 210 g/mol. The molecule has 0 amide bonds. The first-order valence-corrected chi connectivity index (χ1v) is 6.45. The highest BCUT2D eigenvalue weighted by atomic mass is 16.1. The van der Waals surface area contributed by atoms with Crippen LogP contribution < -0.4 is 0 Å². The molecule has 88 valence electrons. The van der Waals surface area contributed by atoms with E-state index >= 15 is 0 Å². The lowest BCUT2D eigenvalue weighted by Gasteiger charge is -2.15. The Hall–Kier alpha value is -0.550.